The standard InChI is InChI=1S/C16H19N3O5/c1-16(2)8-11(7-13(20)9-16)17-18-15(21)10-24-14-5-3-12(4-6-14)19(22)23/h3-6H,7-10H2,1-2H3,(H,18,21). The number of rotatable bonds is 5. The van der Waals surface area contributed by atoms with Crippen LogP contribution >= 0.6 is 0 Å². The van der Waals surface area contributed by atoms with Crippen LogP contribution in [-0.4, -0.2) is 28.9 Å². The van der Waals surface area contributed by atoms with Crippen molar-refractivity contribution in [3.63, 3.8) is 0 Å². The summed E-state index contributed by atoms with van der Waals surface area (Å²) in [5.41, 5.74) is 2.83. The van der Waals surface area contributed by atoms with Crippen LogP contribution in [0.4, 0.5) is 5.69 Å². The molecule has 0 aliphatic heterocycles. The van der Waals surface area contributed by atoms with Crippen molar-refractivity contribution in [2.24, 2.45) is 10.5 Å². The number of ketones is 1. The number of nitro groups is 1. The van der Waals surface area contributed by atoms with Crippen molar-refractivity contribution in [3.05, 3.63) is 34.4 Å². The van der Waals surface area contributed by atoms with Gasteiger partial charge in [0.05, 0.1) is 4.92 Å². The first kappa shape index (κ1) is 17.6. The molecule has 128 valence electrons. The number of carbonyl (C=O) groups is 2. The second-order valence-corrected chi connectivity index (χ2v) is 6.49. The zero-order chi connectivity index (χ0) is 17.7. The molecule has 0 bridgehead atoms. The van der Waals surface area contributed by atoms with E-state index in [2.05, 4.69) is 10.5 Å². The number of Topliss-reactive ketones (excluding diaryl/α,β-unsaturated/α-hetero) is 1. The largest absolute Gasteiger partial charge is 0.484 e. The van der Waals surface area contributed by atoms with E-state index < -0.39 is 10.8 Å². The minimum Gasteiger partial charge on any atom is -0.484 e. The molecule has 0 aromatic heterocycles. The van der Waals surface area contributed by atoms with Crippen LogP contribution in [0.3, 0.4) is 0 Å². The summed E-state index contributed by atoms with van der Waals surface area (Å²) >= 11 is 0. The number of amides is 1. The summed E-state index contributed by atoms with van der Waals surface area (Å²) < 4.78 is 5.23. The molecule has 0 saturated heterocycles. The summed E-state index contributed by atoms with van der Waals surface area (Å²) in [6.45, 7) is 3.70. The van der Waals surface area contributed by atoms with Gasteiger partial charge in [0.1, 0.15) is 11.5 Å². The average Bonchev–Trinajstić information content (AvgIpc) is 2.49. The lowest BCUT2D eigenvalue weighted by Crippen LogP contribution is -2.32. The number of benzene rings is 1. The third-order valence-electron chi connectivity index (χ3n) is 3.52. The van der Waals surface area contributed by atoms with Crippen LogP contribution in [0.2, 0.25) is 0 Å². The van der Waals surface area contributed by atoms with E-state index in [4.69, 9.17) is 4.74 Å². The van der Waals surface area contributed by atoms with Gasteiger partial charge in [0.25, 0.3) is 11.6 Å². The van der Waals surface area contributed by atoms with E-state index in [-0.39, 0.29) is 29.9 Å². The number of hydrogen-bond donors (Lipinski definition) is 1. The molecule has 0 heterocycles. The van der Waals surface area contributed by atoms with Crippen LogP contribution in [0.25, 0.3) is 0 Å². The van der Waals surface area contributed by atoms with E-state index in [1.54, 1.807) is 0 Å². The van der Waals surface area contributed by atoms with Crippen molar-refractivity contribution in [2.45, 2.75) is 33.1 Å². The molecule has 1 amide bonds. The Bertz CT molecular complexity index is 679. The molecule has 8 heteroatoms. The molecule has 0 unspecified atom stereocenters. The van der Waals surface area contributed by atoms with Crippen molar-refractivity contribution in [1.29, 1.82) is 0 Å². The van der Waals surface area contributed by atoms with Crippen LogP contribution in [-0.2, 0) is 9.59 Å². The number of ether oxygens (including phenoxy) is 1. The van der Waals surface area contributed by atoms with Crippen LogP contribution in [0, 0.1) is 15.5 Å². The number of non-ortho nitro benzene ring substituents is 1. The molecular weight excluding hydrogens is 314 g/mol. The third kappa shape index (κ3) is 5.15. The molecule has 8 nitrogen and oxygen atoms in total. The van der Waals surface area contributed by atoms with Gasteiger partial charge >= 0.3 is 0 Å². The van der Waals surface area contributed by atoms with Gasteiger partial charge in [-0.25, -0.2) is 5.43 Å². The molecule has 1 N–H and O–H groups in total. The average molecular weight is 333 g/mol. The van der Waals surface area contributed by atoms with Gasteiger partial charge in [-0.2, -0.15) is 5.10 Å². The first-order chi connectivity index (χ1) is 11.2. The lowest BCUT2D eigenvalue weighted by Gasteiger charge is -2.28. The van der Waals surface area contributed by atoms with Gasteiger partial charge in [-0.05, 0) is 24.0 Å². The highest BCUT2D eigenvalue weighted by Crippen LogP contribution is 2.31. The van der Waals surface area contributed by atoms with Crippen molar-refractivity contribution >= 4 is 23.1 Å². The first-order valence-corrected chi connectivity index (χ1v) is 7.48. The maximum atomic E-state index is 11.7. The molecule has 0 spiro atoms. The van der Waals surface area contributed by atoms with Crippen LogP contribution in [0.15, 0.2) is 29.4 Å². The van der Waals surface area contributed by atoms with Gasteiger partial charge < -0.3 is 4.74 Å². The Morgan fingerprint density at radius 3 is 2.58 bits per heavy atom. The monoisotopic (exact) mass is 333 g/mol. The Hall–Kier alpha value is -2.77. The SMILES string of the molecule is CC1(C)CC(=O)CC(=NNC(=O)COc2ccc([N+](=O)[O-])cc2)C1. The zero-order valence-corrected chi connectivity index (χ0v) is 13.6. The molecule has 1 aromatic rings. The lowest BCUT2D eigenvalue weighted by atomic mass is 9.76. The first-order valence-electron chi connectivity index (χ1n) is 7.48. The fourth-order valence-electron chi connectivity index (χ4n) is 2.57. The van der Waals surface area contributed by atoms with Gasteiger partial charge in [-0.1, -0.05) is 13.8 Å². The van der Waals surface area contributed by atoms with Crippen LogP contribution in [0.5, 0.6) is 5.75 Å². The molecule has 0 atom stereocenters. The zero-order valence-electron chi connectivity index (χ0n) is 13.6. The van der Waals surface area contributed by atoms with Gasteiger partial charge in [-0.15, -0.1) is 0 Å². The Morgan fingerprint density at radius 1 is 1.33 bits per heavy atom. The minimum absolute atomic E-state index is 0.0530. The Morgan fingerprint density at radius 2 is 2.00 bits per heavy atom. The fraction of sp³-hybridized carbons (Fsp3) is 0.438. The molecule has 2 rings (SSSR count). The highest BCUT2D eigenvalue weighted by molar-refractivity contribution is 6.05. The van der Waals surface area contributed by atoms with Gasteiger partial charge in [0.2, 0.25) is 0 Å². The van der Waals surface area contributed by atoms with Crippen molar-refractivity contribution in [1.82, 2.24) is 5.43 Å². The number of hydrazone groups is 1. The van der Waals surface area contributed by atoms with E-state index in [0.29, 0.717) is 24.3 Å². The molecule has 24 heavy (non-hydrogen) atoms. The predicted molar refractivity (Wildman–Crippen MR) is 86.8 cm³/mol. The summed E-state index contributed by atoms with van der Waals surface area (Å²) in [6, 6.07) is 5.42. The number of hydrogen-bond acceptors (Lipinski definition) is 6. The van der Waals surface area contributed by atoms with Crippen molar-refractivity contribution in [2.75, 3.05) is 6.61 Å². The van der Waals surface area contributed by atoms with Gasteiger partial charge in [-0.3, -0.25) is 19.7 Å². The summed E-state index contributed by atoms with van der Waals surface area (Å²) in [6.07, 6.45) is 1.43. The summed E-state index contributed by atoms with van der Waals surface area (Å²) in [7, 11) is 0. The molecule has 1 aliphatic carbocycles. The molecular formula is C16H19N3O5. The van der Waals surface area contributed by atoms with E-state index in [1.807, 2.05) is 13.8 Å². The molecule has 1 saturated carbocycles. The molecule has 0 radical (unpaired) electrons. The quantitative estimate of drug-likeness (QED) is 0.656. The highest BCUT2D eigenvalue weighted by Gasteiger charge is 2.30. The normalized spacial score (nSPS) is 18.2. The summed E-state index contributed by atoms with van der Waals surface area (Å²) in [4.78, 5) is 33.4. The van der Waals surface area contributed by atoms with Gasteiger partial charge in [0.15, 0.2) is 6.61 Å². The number of carbonyl (C=O) groups excluding carboxylic acids is 2. The van der Waals surface area contributed by atoms with Crippen molar-refractivity contribution in [3.8, 4) is 5.75 Å². The van der Waals surface area contributed by atoms with Crippen LogP contribution < -0.4 is 10.2 Å². The molecule has 1 fully saturated rings. The number of nitro benzene ring substituents is 1. The predicted octanol–water partition coefficient (Wildman–Crippen LogP) is 2.22. The molecule has 1 aromatic carbocycles. The summed E-state index contributed by atoms with van der Waals surface area (Å²) in [5, 5.41) is 14.6. The Balaban J connectivity index is 1.84. The summed E-state index contributed by atoms with van der Waals surface area (Å²) in [5.74, 6) is -0.00422. The van der Waals surface area contributed by atoms with E-state index in [1.165, 1.54) is 24.3 Å². The number of nitrogens with zero attached hydrogens (tertiary/aromatic N) is 2. The molecule has 1 aliphatic rings. The Kier molecular flexibility index (Phi) is 5.28. The number of nitrogens with one attached hydrogen (secondary N) is 1. The second-order valence-electron chi connectivity index (χ2n) is 6.49. The van der Waals surface area contributed by atoms with Crippen molar-refractivity contribution < 1.29 is 19.2 Å². The van der Waals surface area contributed by atoms with E-state index >= 15 is 0 Å². The smallest absolute Gasteiger partial charge is 0.277 e. The Labute approximate surface area is 139 Å². The lowest BCUT2D eigenvalue weighted by molar-refractivity contribution is -0.384. The highest BCUT2D eigenvalue weighted by atomic mass is 16.6. The van der Waals surface area contributed by atoms with Gasteiger partial charge in [0, 0.05) is 30.7 Å². The minimum atomic E-state index is -0.514. The topological polar surface area (TPSA) is 111 Å². The maximum absolute atomic E-state index is 11.7. The fourth-order valence-corrected chi connectivity index (χ4v) is 2.57. The van der Waals surface area contributed by atoms with Crippen LogP contribution in [0.1, 0.15) is 33.1 Å². The van der Waals surface area contributed by atoms with E-state index in [9.17, 15) is 19.7 Å². The third-order valence-corrected chi connectivity index (χ3v) is 3.52. The maximum Gasteiger partial charge on any atom is 0.277 e. The van der Waals surface area contributed by atoms with E-state index in [0.717, 1.165) is 0 Å². The second kappa shape index (κ2) is 7.20.